The van der Waals surface area contributed by atoms with Gasteiger partial charge in [0, 0.05) is 31.4 Å². The van der Waals surface area contributed by atoms with Crippen molar-refractivity contribution in [3.63, 3.8) is 0 Å². The van der Waals surface area contributed by atoms with Crippen LogP contribution in [-0.2, 0) is 11.3 Å². The molecule has 26 heavy (non-hydrogen) atoms. The smallest absolute Gasteiger partial charge is 0.321 e. The van der Waals surface area contributed by atoms with Gasteiger partial charge < -0.3 is 15.0 Å². The third-order valence-electron chi connectivity index (χ3n) is 6.17. The van der Waals surface area contributed by atoms with Gasteiger partial charge >= 0.3 is 6.03 Å². The molecule has 0 saturated carbocycles. The monoisotopic (exact) mass is 357 g/mol. The number of hydrogen-bond donors (Lipinski definition) is 1. The standard InChI is InChI=1S/C21H31N3O2/c1-15(2)26-14-16-6-5-7-18(10-16)22-21(25)24-12-17-11-23-9-4-3-8-20(23)19(17)13-24/h5-7,10,15,17,19-20H,3-4,8-9,11-14H2,1-2H3,(H,22,25)/t17-,19-,20-/m0/s1. The Balaban J connectivity index is 1.34. The van der Waals surface area contributed by atoms with Gasteiger partial charge in [-0.2, -0.15) is 0 Å². The third kappa shape index (κ3) is 3.74. The van der Waals surface area contributed by atoms with Gasteiger partial charge in [0.25, 0.3) is 0 Å². The summed E-state index contributed by atoms with van der Waals surface area (Å²) in [5.74, 6) is 1.33. The minimum atomic E-state index is 0.0451. The molecule has 0 spiro atoms. The molecule has 1 aromatic carbocycles. The van der Waals surface area contributed by atoms with E-state index in [1.165, 1.54) is 32.4 Å². The summed E-state index contributed by atoms with van der Waals surface area (Å²) in [7, 11) is 0. The number of fused-ring (bicyclic) bond motifs is 3. The van der Waals surface area contributed by atoms with Crippen LogP contribution in [0.25, 0.3) is 0 Å². The second-order valence-electron chi connectivity index (χ2n) is 8.38. The molecule has 5 nitrogen and oxygen atoms in total. The molecule has 1 N–H and O–H groups in total. The van der Waals surface area contributed by atoms with Crippen molar-refractivity contribution in [1.29, 1.82) is 0 Å². The number of nitrogens with one attached hydrogen (secondary N) is 1. The number of piperidine rings is 1. The van der Waals surface area contributed by atoms with E-state index in [9.17, 15) is 4.79 Å². The number of carbonyl (C=O) groups excluding carboxylic acids is 1. The van der Waals surface area contributed by atoms with Crippen molar-refractivity contribution in [3.05, 3.63) is 29.8 Å². The van der Waals surface area contributed by atoms with Gasteiger partial charge in [-0.3, -0.25) is 4.90 Å². The summed E-state index contributed by atoms with van der Waals surface area (Å²) in [6.07, 6.45) is 4.21. The Labute approximate surface area is 156 Å². The maximum Gasteiger partial charge on any atom is 0.321 e. The Hall–Kier alpha value is -1.59. The number of likely N-dealkylation sites (tertiary alicyclic amines) is 1. The summed E-state index contributed by atoms with van der Waals surface area (Å²) < 4.78 is 5.66. The predicted molar refractivity (Wildman–Crippen MR) is 103 cm³/mol. The van der Waals surface area contributed by atoms with E-state index in [1.807, 2.05) is 43.0 Å². The Kier molecular flexibility index (Phi) is 5.18. The van der Waals surface area contributed by atoms with E-state index in [4.69, 9.17) is 4.74 Å². The van der Waals surface area contributed by atoms with Gasteiger partial charge in [0.1, 0.15) is 0 Å². The van der Waals surface area contributed by atoms with Gasteiger partial charge in [-0.05, 0) is 62.8 Å². The lowest BCUT2D eigenvalue weighted by molar-refractivity contribution is 0.0657. The molecule has 0 aliphatic carbocycles. The van der Waals surface area contributed by atoms with Crippen LogP contribution in [0, 0.1) is 11.8 Å². The lowest BCUT2D eigenvalue weighted by atomic mass is 9.90. The van der Waals surface area contributed by atoms with Gasteiger partial charge in [-0.25, -0.2) is 4.79 Å². The van der Waals surface area contributed by atoms with Crippen LogP contribution in [0.15, 0.2) is 24.3 Å². The Morgan fingerprint density at radius 3 is 3.00 bits per heavy atom. The average Bonchev–Trinajstić information content (AvgIpc) is 3.18. The maximum atomic E-state index is 12.8. The summed E-state index contributed by atoms with van der Waals surface area (Å²) in [5.41, 5.74) is 1.95. The SMILES string of the molecule is CC(C)OCc1cccc(NC(=O)N2C[C@@H]3CN4CCCC[C@H]4[C@H]3C2)c1. The first-order valence-electron chi connectivity index (χ1n) is 10.1. The zero-order chi connectivity index (χ0) is 18.1. The number of amides is 2. The molecule has 1 aromatic rings. The molecular weight excluding hydrogens is 326 g/mol. The van der Waals surface area contributed by atoms with Gasteiger partial charge in [0.2, 0.25) is 0 Å². The number of hydrogen-bond acceptors (Lipinski definition) is 3. The highest BCUT2D eigenvalue weighted by Crippen LogP contribution is 2.40. The van der Waals surface area contributed by atoms with Crippen LogP contribution < -0.4 is 5.32 Å². The van der Waals surface area contributed by atoms with Crippen molar-refractivity contribution < 1.29 is 9.53 Å². The van der Waals surface area contributed by atoms with Crippen LogP contribution in [0.1, 0.15) is 38.7 Å². The van der Waals surface area contributed by atoms with E-state index in [0.717, 1.165) is 24.3 Å². The molecule has 0 unspecified atom stereocenters. The van der Waals surface area contributed by atoms with E-state index < -0.39 is 0 Å². The topological polar surface area (TPSA) is 44.8 Å². The number of urea groups is 1. The molecule has 142 valence electrons. The molecule has 3 aliphatic heterocycles. The van der Waals surface area contributed by atoms with E-state index in [2.05, 4.69) is 10.2 Å². The van der Waals surface area contributed by atoms with Crippen molar-refractivity contribution in [2.24, 2.45) is 11.8 Å². The van der Waals surface area contributed by atoms with Gasteiger partial charge in [0.15, 0.2) is 0 Å². The quantitative estimate of drug-likeness (QED) is 0.896. The van der Waals surface area contributed by atoms with E-state index in [0.29, 0.717) is 24.5 Å². The lowest BCUT2D eigenvalue weighted by Gasteiger charge is -2.33. The first kappa shape index (κ1) is 17.8. The largest absolute Gasteiger partial charge is 0.374 e. The van der Waals surface area contributed by atoms with Crippen molar-refractivity contribution in [2.45, 2.75) is 51.9 Å². The summed E-state index contributed by atoms with van der Waals surface area (Å²) in [6.45, 7) is 8.89. The van der Waals surface area contributed by atoms with Crippen LogP contribution in [0.2, 0.25) is 0 Å². The molecule has 2 amide bonds. The van der Waals surface area contributed by atoms with Gasteiger partial charge in [0.05, 0.1) is 12.7 Å². The van der Waals surface area contributed by atoms with Crippen molar-refractivity contribution in [2.75, 3.05) is 31.5 Å². The highest BCUT2D eigenvalue weighted by Gasteiger charge is 2.48. The second-order valence-corrected chi connectivity index (χ2v) is 8.38. The fourth-order valence-corrected chi connectivity index (χ4v) is 4.93. The summed E-state index contributed by atoms with van der Waals surface area (Å²) >= 11 is 0. The molecule has 0 bridgehead atoms. The van der Waals surface area contributed by atoms with Crippen LogP contribution in [0.3, 0.4) is 0 Å². The lowest BCUT2D eigenvalue weighted by Crippen LogP contribution is -2.41. The zero-order valence-corrected chi connectivity index (χ0v) is 16.0. The number of nitrogens with zero attached hydrogens (tertiary/aromatic N) is 2. The summed E-state index contributed by atoms with van der Waals surface area (Å²) in [5, 5.41) is 3.09. The number of rotatable bonds is 4. The van der Waals surface area contributed by atoms with Gasteiger partial charge in [-0.15, -0.1) is 0 Å². The van der Waals surface area contributed by atoms with Crippen LogP contribution in [0.5, 0.6) is 0 Å². The molecule has 0 aromatic heterocycles. The molecule has 0 radical (unpaired) electrons. The first-order valence-corrected chi connectivity index (χ1v) is 10.1. The Morgan fingerprint density at radius 2 is 2.15 bits per heavy atom. The highest BCUT2D eigenvalue weighted by atomic mass is 16.5. The van der Waals surface area contributed by atoms with Gasteiger partial charge in [-0.1, -0.05) is 18.6 Å². The summed E-state index contributed by atoms with van der Waals surface area (Å²) in [4.78, 5) is 17.5. The fraction of sp³-hybridized carbons (Fsp3) is 0.667. The fourth-order valence-electron chi connectivity index (χ4n) is 4.93. The molecular formula is C21H31N3O2. The number of benzene rings is 1. The number of carbonyl (C=O) groups is 1. The average molecular weight is 357 g/mol. The maximum absolute atomic E-state index is 12.8. The zero-order valence-electron chi connectivity index (χ0n) is 16.0. The van der Waals surface area contributed by atoms with Crippen LogP contribution in [-0.4, -0.2) is 54.2 Å². The van der Waals surface area contributed by atoms with Crippen LogP contribution in [0.4, 0.5) is 10.5 Å². The molecule has 3 aliphatic rings. The van der Waals surface area contributed by atoms with E-state index in [-0.39, 0.29) is 12.1 Å². The van der Waals surface area contributed by atoms with E-state index in [1.54, 1.807) is 0 Å². The second kappa shape index (κ2) is 7.57. The molecule has 3 heterocycles. The minimum Gasteiger partial charge on any atom is -0.374 e. The van der Waals surface area contributed by atoms with Crippen molar-refractivity contribution >= 4 is 11.7 Å². The number of anilines is 1. The predicted octanol–water partition coefficient (Wildman–Crippen LogP) is 3.56. The van der Waals surface area contributed by atoms with Crippen molar-refractivity contribution in [1.82, 2.24) is 9.80 Å². The van der Waals surface area contributed by atoms with E-state index >= 15 is 0 Å². The molecule has 3 atom stereocenters. The highest BCUT2D eigenvalue weighted by molar-refractivity contribution is 5.89. The Bertz CT molecular complexity index is 648. The number of ether oxygens (including phenoxy) is 1. The third-order valence-corrected chi connectivity index (χ3v) is 6.17. The summed E-state index contributed by atoms with van der Waals surface area (Å²) in [6, 6.07) is 8.74. The molecule has 4 rings (SSSR count). The first-order chi connectivity index (χ1) is 12.6. The molecule has 3 fully saturated rings. The Morgan fingerprint density at radius 1 is 1.27 bits per heavy atom. The normalized spacial score (nSPS) is 28.3. The minimum absolute atomic E-state index is 0.0451. The molecule has 3 saturated heterocycles. The molecule has 5 heteroatoms. The van der Waals surface area contributed by atoms with Crippen molar-refractivity contribution in [3.8, 4) is 0 Å². The van der Waals surface area contributed by atoms with Crippen LogP contribution >= 0.6 is 0 Å².